The maximum atomic E-state index is 10.4. The van der Waals surface area contributed by atoms with Gasteiger partial charge in [-0.15, -0.1) is 0 Å². The fourth-order valence-electron chi connectivity index (χ4n) is 1.19. The molecule has 0 aromatic rings. The molecule has 0 aromatic heterocycles. The second-order valence-electron chi connectivity index (χ2n) is 2.70. The molecule has 0 amide bonds. The Morgan fingerprint density at radius 2 is 2.30 bits per heavy atom. The summed E-state index contributed by atoms with van der Waals surface area (Å²) >= 11 is 0. The average molecular weight is 144 g/mol. The Morgan fingerprint density at radius 3 is 2.70 bits per heavy atom. The van der Waals surface area contributed by atoms with Gasteiger partial charge in [-0.2, -0.15) is 0 Å². The Morgan fingerprint density at radius 1 is 1.60 bits per heavy atom. The third-order valence-corrected chi connectivity index (χ3v) is 1.75. The van der Waals surface area contributed by atoms with Gasteiger partial charge in [0.15, 0.2) is 6.10 Å². The lowest BCUT2D eigenvalue weighted by atomic mass is 10.1. The smallest absolute Gasteiger partial charge is 0.332 e. The fraction of sp³-hybridized carbons (Fsp3) is 0.857. The summed E-state index contributed by atoms with van der Waals surface area (Å²) in [5, 5.41) is 8.53. The predicted octanol–water partition coefficient (Wildman–Crippen LogP) is 1.03. The lowest BCUT2D eigenvalue weighted by molar-refractivity contribution is -0.157. The van der Waals surface area contributed by atoms with Gasteiger partial charge in [0, 0.05) is 0 Å². The van der Waals surface area contributed by atoms with Crippen LogP contribution in [0.3, 0.4) is 0 Å². The first-order chi connectivity index (χ1) is 4.70. The number of hydrogen-bond acceptors (Lipinski definition) is 2. The van der Waals surface area contributed by atoms with Crippen molar-refractivity contribution in [3.05, 3.63) is 0 Å². The standard InChI is InChI=1S/C7H12O3/c1-5-3-2-4-6(10-5)7(8)9/h5-6H,2-4H2,1H3,(H,8,9)/t5-,6+/m0/s1. The average Bonchev–Trinajstić information content (AvgIpc) is 1.88. The summed E-state index contributed by atoms with van der Waals surface area (Å²) in [5.74, 6) is -0.827. The minimum absolute atomic E-state index is 0.120. The van der Waals surface area contributed by atoms with Gasteiger partial charge in [0.05, 0.1) is 6.10 Å². The van der Waals surface area contributed by atoms with E-state index in [2.05, 4.69) is 0 Å². The van der Waals surface area contributed by atoms with Gasteiger partial charge < -0.3 is 9.84 Å². The Balaban J connectivity index is 2.39. The number of carboxylic acids is 1. The molecule has 1 aliphatic rings. The Labute approximate surface area is 60.0 Å². The third kappa shape index (κ3) is 1.70. The summed E-state index contributed by atoms with van der Waals surface area (Å²) < 4.78 is 5.15. The van der Waals surface area contributed by atoms with Crippen LogP contribution in [0, 0.1) is 0 Å². The van der Waals surface area contributed by atoms with Crippen LogP contribution < -0.4 is 0 Å². The summed E-state index contributed by atoms with van der Waals surface area (Å²) in [6.07, 6.45) is 2.19. The highest BCUT2D eigenvalue weighted by Crippen LogP contribution is 2.18. The molecule has 1 heterocycles. The topological polar surface area (TPSA) is 46.5 Å². The predicted molar refractivity (Wildman–Crippen MR) is 35.8 cm³/mol. The monoisotopic (exact) mass is 144 g/mol. The van der Waals surface area contributed by atoms with Gasteiger partial charge in [0.2, 0.25) is 0 Å². The van der Waals surface area contributed by atoms with E-state index in [-0.39, 0.29) is 6.10 Å². The summed E-state index contributed by atoms with van der Waals surface area (Å²) in [5.41, 5.74) is 0. The van der Waals surface area contributed by atoms with Crippen molar-refractivity contribution in [3.8, 4) is 0 Å². The number of aliphatic carboxylic acids is 1. The molecular formula is C7H12O3. The molecule has 1 saturated heterocycles. The Bertz CT molecular complexity index is 133. The highest BCUT2D eigenvalue weighted by atomic mass is 16.5. The highest BCUT2D eigenvalue weighted by molar-refractivity contribution is 5.72. The largest absolute Gasteiger partial charge is 0.479 e. The van der Waals surface area contributed by atoms with E-state index in [1.165, 1.54) is 0 Å². The highest BCUT2D eigenvalue weighted by Gasteiger charge is 2.24. The minimum Gasteiger partial charge on any atom is -0.479 e. The van der Waals surface area contributed by atoms with E-state index in [0.717, 1.165) is 12.8 Å². The van der Waals surface area contributed by atoms with Crippen LogP contribution in [-0.2, 0) is 9.53 Å². The van der Waals surface area contributed by atoms with Crippen LogP contribution in [-0.4, -0.2) is 23.3 Å². The number of carboxylic acid groups (broad SMARTS) is 1. The van der Waals surface area contributed by atoms with E-state index in [1.807, 2.05) is 6.92 Å². The maximum absolute atomic E-state index is 10.4. The molecule has 58 valence electrons. The van der Waals surface area contributed by atoms with Gasteiger partial charge in [-0.1, -0.05) is 0 Å². The number of rotatable bonds is 1. The van der Waals surface area contributed by atoms with Gasteiger partial charge in [-0.3, -0.25) is 0 Å². The molecule has 2 atom stereocenters. The van der Waals surface area contributed by atoms with Crippen molar-refractivity contribution >= 4 is 5.97 Å². The van der Waals surface area contributed by atoms with Crippen molar-refractivity contribution in [2.45, 2.75) is 38.4 Å². The third-order valence-electron chi connectivity index (χ3n) is 1.75. The van der Waals surface area contributed by atoms with Crippen LogP contribution in [0.25, 0.3) is 0 Å². The molecule has 0 radical (unpaired) electrons. The first-order valence-corrected chi connectivity index (χ1v) is 3.58. The fourth-order valence-corrected chi connectivity index (χ4v) is 1.19. The van der Waals surface area contributed by atoms with E-state index in [4.69, 9.17) is 9.84 Å². The Kier molecular flexibility index (Phi) is 2.27. The SMILES string of the molecule is C[C@H]1CCC[C@H](C(=O)O)O1. The minimum atomic E-state index is -0.827. The molecule has 0 aromatic carbocycles. The number of ether oxygens (including phenoxy) is 1. The molecule has 3 nitrogen and oxygen atoms in total. The van der Waals surface area contributed by atoms with E-state index in [9.17, 15) is 4.79 Å². The zero-order valence-corrected chi connectivity index (χ0v) is 6.04. The molecule has 0 saturated carbocycles. The van der Waals surface area contributed by atoms with Crippen LogP contribution in [0.15, 0.2) is 0 Å². The van der Waals surface area contributed by atoms with Crippen molar-refractivity contribution in [1.29, 1.82) is 0 Å². The van der Waals surface area contributed by atoms with E-state index in [1.54, 1.807) is 0 Å². The summed E-state index contributed by atoms with van der Waals surface area (Å²) in [6, 6.07) is 0. The summed E-state index contributed by atoms with van der Waals surface area (Å²) in [7, 11) is 0. The Hall–Kier alpha value is -0.570. The quantitative estimate of drug-likeness (QED) is 0.597. The van der Waals surface area contributed by atoms with Gasteiger partial charge >= 0.3 is 5.97 Å². The second-order valence-corrected chi connectivity index (χ2v) is 2.70. The van der Waals surface area contributed by atoms with Crippen molar-refractivity contribution in [2.75, 3.05) is 0 Å². The summed E-state index contributed by atoms with van der Waals surface area (Å²) in [6.45, 7) is 1.91. The van der Waals surface area contributed by atoms with Crippen LogP contribution in [0.2, 0.25) is 0 Å². The van der Waals surface area contributed by atoms with E-state index in [0.29, 0.717) is 6.42 Å². The van der Waals surface area contributed by atoms with Gasteiger partial charge in [-0.05, 0) is 26.2 Å². The maximum Gasteiger partial charge on any atom is 0.332 e. The van der Waals surface area contributed by atoms with Gasteiger partial charge in [0.25, 0.3) is 0 Å². The normalized spacial score (nSPS) is 33.7. The molecular weight excluding hydrogens is 132 g/mol. The summed E-state index contributed by atoms with van der Waals surface area (Å²) in [4.78, 5) is 10.4. The van der Waals surface area contributed by atoms with Crippen LogP contribution in [0.1, 0.15) is 26.2 Å². The van der Waals surface area contributed by atoms with E-state index >= 15 is 0 Å². The molecule has 10 heavy (non-hydrogen) atoms. The van der Waals surface area contributed by atoms with Gasteiger partial charge in [0.1, 0.15) is 0 Å². The van der Waals surface area contributed by atoms with Crippen molar-refractivity contribution < 1.29 is 14.6 Å². The molecule has 1 aliphatic heterocycles. The van der Waals surface area contributed by atoms with Crippen LogP contribution in [0.4, 0.5) is 0 Å². The molecule has 0 unspecified atom stereocenters. The van der Waals surface area contributed by atoms with Crippen molar-refractivity contribution in [1.82, 2.24) is 0 Å². The molecule has 1 fully saturated rings. The zero-order chi connectivity index (χ0) is 7.56. The second kappa shape index (κ2) is 3.01. The lowest BCUT2D eigenvalue weighted by Crippen LogP contribution is -2.31. The first-order valence-electron chi connectivity index (χ1n) is 3.58. The van der Waals surface area contributed by atoms with Crippen LogP contribution in [0.5, 0.6) is 0 Å². The van der Waals surface area contributed by atoms with Crippen molar-refractivity contribution in [2.24, 2.45) is 0 Å². The number of carbonyl (C=O) groups is 1. The lowest BCUT2D eigenvalue weighted by Gasteiger charge is -2.24. The number of hydrogen-bond donors (Lipinski definition) is 1. The molecule has 0 spiro atoms. The molecule has 3 heteroatoms. The van der Waals surface area contributed by atoms with Crippen molar-refractivity contribution in [3.63, 3.8) is 0 Å². The first kappa shape index (κ1) is 7.54. The molecule has 1 N–H and O–H groups in total. The zero-order valence-electron chi connectivity index (χ0n) is 6.04. The molecule has 0 bridgehead atoms. The molecule has 1 rings (SSSR count). The van der Waals surface area contributed by atoms with E-state index < -0.39 is 12.1 Å². The molecule has 0 aliphatic carbocycles. The van der Waals surface area contributed by atoms with Crippen LogP contribution >= 0.6 is 0 Å². The van der Waals surface area contributed by atoms with Gasteiger partial charge in [-0.25, -0.2) is 4.79 Å².